The Labute approximate surface area is 137 Å². The smallest absolute Gasteiger partial charge is 0.334 e. The van der Waals surface area contributed by atoms with Crippen LogP contribution in [0.4, 0.5) is 4.79 Å². The molecule has 8 nitrogen and oxygen atoms in total. The number of H-pyrrole nitrogens is 1. The van der Waals surface area contributed by atoms with E-state index in [1.165, 1.54) is 7.05 Å². The largest absolute Gasteiger partial charge is 0.361 e. The lowest BCUT2D eigenvalue weighted by molar-refractivity contribution is -0.143. The number of aromatic nitrogens is 1. The number of rotatable bonds is 5. The SMILES string of the molecule is CN1C(=O)C(=O)N(CC(=O)NCCc2c[nH]c3ccccc23)C1=O. The molecule has 2 heterocycles. The van der Waals surface area contributed by atoms with Gasteiger partial charge in [0, 0.05) is 30.7 Å². The number of amides is 5. The molecular formula is C16H16N4O4. The van der Waals surface area contributed by atoms with Crippen molar-refractivity contribution in [3.8, 4) is 0 Å². The highest BCUT2D eigenvalue weighted by molar-refractivity contribution is 6.44. The number of likely N-dealkylation sites (N-methyl/N-ethyl adjacent to an activating group) is 1. The van der Waals surface area contributed by atoms with E-state index in [1.807, 2.05) is 30.5 Å². The van der Waals surface area contributed by atoms with Crippen molar-refractivity contribution in [3.05, 3.63) is 36.0 Å². The van der Waals surface area contributed by atoms with Crippen LogP contribution in [0.15, 0.2) is 30.5 Å². The highest BCUT2D eigenvalue weighted by atomic mass is 16.2. The molecule has 8 heteroatoms. The average molecular weight is 328 g/mol. The van der Waals surface area contributed by atoms with E-state index >= 15 is 0 Å². The number of hydrogen-bond donors (Lipinski definition) is 2. The Morgan fingerprint density at radius 1 is 1.17 bits per heavy atom. The predicted molar refractivity (Wildman–Crippen MR) is 84.9 cm³/mol. The van der Waals surface area contributed by atoms with E-state index in [9.17, 15) is 19.2 Å². The number of fused-ring (bicyclic) bond motifs is 1. The minimum Gasteiger partial charge on any atom is -0.361 e. The Bertz CT molecular complexity index is 841. The fourth-order valence-corrected chi connectivity index (χ4v) is 2.63. The maximum atomic E-state index is 11.9. The van der Waals surface area contributed by atoms with Gasteiger partial charge in [0.05, 0.1) is 0 Å². The lowest BCUT2D eigenvalue weighted by Gasteiger charge is -2.12. The van der Waals surface area contributed by atoms with E-state index in [-0.39, 0.29) is 0 Å². The summed E-state index contributed by atoms with van der Waals surface area (Å²) in [5.74, 6) is -2.39. The van der Waals surface area contributed by atoms with Crippen LogP contribution in [0, 0.1) is 0 Å². The number of nitrogens with one attached hydrogen (secondary N) is 2. The fraction of sp³-hybridized carbons (Fsp3) is 0.250. The summed E-state index contributed by atoms with van der Waals surface area (Å²) < 4.78 is 0. The molecule has 0 saturated carbocycles. The quantitative estimate of drug-likeness (QED) is 0.606. The number of aromatic amines is 1. The molecule has 24 heavy (non-hydrogen) atoms. The molecule has 5 amide bonds. The Balaban J connectivity index is 1.54. The second kappa shape index (κ2) is 6.15. The van der Waals surface area contributed by atoms with Gasteiger partial charge in [-0.1, -0.05) is 18.2 Å². The first kappa shape index (κ1) is 15.7. The molecule has 2 N–H and O–H groups in total. The molecule has 1 fully saturated rings. The van der Waals surface area contributed by atoms with Crippen LogP contribution in [0.5, 0.6) is 0 Å². The summed E-state index contributed by atoms with van der Waals surface area (Å²) in [5, 5.41) is 3.74. The molecule has 1 saturated heterocycles. The van der Waals surface area contributed by atoms with E-state index in [0.717, 1.165) is 16.5 Å². The lowest BCUT2D eigenvalue weighted by atomic mass is 10.1. The van der Waals surface area contributed by atoms with Crippen molar-refractivity contribution < 1.29 is 19.2 Å². The monoisotopic (exact) mass is 328 g/mol. The first-order valence-corrected chi connectivity index (χ1v) is 7.44. The van der Waals surface area contributed by atoms with Crippen molar-refractivity contribution in [1.82, 2.24) is 20.1 Å². The third kappa shape index (κ3) is 2.73. The minimum absolute atomic E-state index is 0.362. The van der Waals surface area contributed by atoms with Gasteiger partial charge in [-0.25, -0.2) is 9.69 Å². The van der Waals surface area contributed by atoms with Crippen molar-refractivity contribution in [1.29, 1.82) is 0 Å². The molecule has 2 aromatic rings. The average Bonchev–Trinajstić information content (AvgIpc) is 3.07. The van der Waals surface area contributed by atoms with E-state index in [4.69, 9.17) is 0 Å². The van der Waals surface area contributed by atoms with E-state index in [2.05, 4.69) is 10.3 Å². The molecule has 1 aromatic heterocycles. The van der Waals surface area contributed by atoms with Crippen LogP contribution in [0.3, 0.4) is 0 Å². The van der Waals surface area contributed by atoms with Gasteiger partial charge in [-0.3, -0.25) is 19.3 Å². The fourth-order valence-electron chi connectivity index (χ4n) is 2.63. The van der Waals surface area contributed by atoms with Crippen molar-refractivity contribution in [2.75, 3.05) is 20.1 Å². The van der Waals surface area contributed by atoms with Gasteiger partial charge in [0.25, 0.3) is 0 Å². The second-order valence-electron chi connectivity index (χ2n) is 5.50. The number of imide groups is 2. The number of hydrogen-bond acceptors (Lipinski definition) is 4. The summed E-state index contributed by atoms with van der Waals surface area (Å²) >= 11 is 0. The Kier molecular flexibility index (Phi) is 4.03. The van der Waals surface area contributed by atoms with Crippen LogP contribution in [0.25, 0.3) is 10.9 Å². The molecule has 1 aliphatic rings. The molecule has 0 radical (unpaired) electrons. The van der Waals surface area contributed by atoms with Crippen molar-refractivity contribution in [3.63, 3.8) is 0 Å². The molecule has 3 rings (SSSR count). The standard InChI is InChI=1S/C16H16N4O4/c1-19-14(22)15(23)20(16(19)24)9-13(21)17-7-6-10-8-18-12-5-3-2-4-11(10)12/h2-5,8,18H,6-7,9H2,1H3,(H,17,21). The molecule has 1 aromatic carbocycles. The summed E-state index contributed by atoms with van der Waals surface area (Å²) in [7, 11) is 1.21. The van der Waals surface area contributed by atoms with E-state index in [0.29, 0.717) is 22.8 Å². The number of carbonyl (C=O) groups is 4. The number of urea groups is 1. The zero-order valence-electron chi connectivity index (χ0n) is 13.0. The number of benzene rings is 1. The molecule has 0 aliphatic carbocycles. The van der Waals surface area contributed by atoms with Gasteiger partial charge in [-0.05, 0) is 18.1 Å². The number of nitrogens with zero attached hydrogens (tertiary/aromatic N) is 2. The number of carbonyl (C=O) groups excluding carboxylic acids is 4. The highest BCUT2D eigenvalue weighted by Gasteiger charge is 2.42. The van der Waals surface area contributed by atoms with Gasteiger partial charge in [0.2, 0.25) is 5.91 Å². The number of para-hydroxylation sites is 1. The summed E-state index contributed by atoms with van der Waals surface area (Å²) in [6.07, 6.45) is 2.49. The maximum Gasteiger partial charge on any atom is 0.334 e. The van der Waals surface area contributed by atoms with Gasteiger partial charge >= 0.3 is 17.8 Å². The van der Waals surface area contributed by atoms with Gasteiger partial charge in [-0.2, -0.15) is 0 Å². The second-order valence-corrected chi connectivity index (χ2v) is 5.50. The first-order chi connectivity index (χ1) is 11.5. The van der Waals surface area contributed by atoms with Gasteiger partial charge < -0.3 is 10.3 Å². The molecule has 124 valence electrons. The van der Waals surface area contributed by atoms with Crippen LogP contribution < -0.4 is 5.32 Å². The van der Waals surface area contributed by atoms with Crippen molar-refractivity contribution in [2.24, 2.45) is 0 Å². The molecule has 0 spiro atoms. The van der Waals surface area contributed by atoms with E-state index < -0.39 is 30.3 Å². The lowest BCUT2D eigenvalue weighted by Crippen LogP contribution is -2.41. The van der Waals surface area contributed by atoms with Gasteiger partial charge in [0.15, 0.2) is 0 Å². The summed E-state index contributed by atoms with van der Waals surface area (Å²) in [6, 6.07) is 7.06. The van der Waals surface area contributed by atoms with Crippen molar-refractivity contribution in [2.45, 2.75) is 6.42 Å². The Morgan fingerprint density at radius 3 is 2.62 bits per heavy atom. The maximum absolute atomic E-state index is 11.9. The summed E-state index contributed by atoms with van der Waals surface area (Å²) in [6.45, 7) is -0.0949. The predicted octanol–water partition coefficient (Wildman–Crippen LogP) is 0.247. The Hall–Kier alpha value is -3.16. The van der Waals surface area contributed by atoms with Gasteiger partial charge in [0.1, 0.15) is 6.54 Å². The van der Waals surface area contributed by atoms with Gasteiger partial charge in [-0.15, -0.1) is 0 Å². The summed E-state index contributed by atoms with van der Waals surface area (Å²) in [4.78, 5) is 51.1. The third-order valence-electron chi connectivity index (χ3n) is 3.94. The Morgan fingerprint density at radius 2 is 1.92 bits per heavy atom. The normalized spacial score (nSPS) is 14.8. The molecule has 0 bridgehead atoms. The van der Waals surface area contributed by atoms with E-state index in [1.54, 1.807) is 0 Å². The molecule has 0 unspecified atom stereocenters. The van der Waals surface area contributed by atoms with Crippen LogP contribution >= 0.6 is 0 Å². The third-order valence-corrected chi connectivity index (χ3v) is 3.94. The summed E-state index contributed by atoms with van der Waals surface area (Å²) in [5.41, 5.74) is 2.09. The highest BCUT2D eigenvalue weighted by Crippen LogP contribution is 2.17. The molecular weight excluding hydrogens is 312 g/mol. The topological polar surface area (TPSA) is 103 Å². The van der Waals surface area contributed by atoms with Crippen molar-refractivity contribution >= 4 is 34.7 Å². The van der Waals surface area contributed by atoms with Crippen LogP contribution in [0.1, 0.15) is 5.56 Å². The zero-order valence-corrected chi connectivity index (χ0v) is 13.0. The van der Waals surface area contributed by atoms with Crippen LogP contribution in [0.2, 0.25) is 0 Å². The van der Waals surface area contributed by atoms with Crippen LogP contribution in [-0.4, -0.2) is 58.7 Å². The molecule has 1 aliphatic heterocycles. The zero-order chi connectivity index (χ0) is 17.3. The minimum atomic E-state index is -0.978. The molecule has 0 atom stereocenters. The first-order valence-electron chi connectivity index (χ1n) is 7.44. The van der Waals surface area contributed by atoms with Crippen LogP contribution in [-0.2, 0) is 20.8 Å².